The molecule has 3 aromatic rings. The molecule has 0 fully saturated rings. The predicted molar refractivity (Wildman–Crippen MR) is 86.4 cm³/mol. The van der Waals surface area contributed by atoms with E-state index in [2.05, 4.69) is 15.3 Å². The van der Waals surface area contributed by atoms with Gasteiger partial charge in [-0.2, -0.15) is 0 Å². The van der Waals surface area contributed by atoms with E-state index in [9.17, 15) is 4.79 Å². The molecule has 0 spiro atoms. The molecule has 0 saturated carbocycles. The van der Waals surface area contributed by atoms with Crippen molar-refractivity contribution >= 4 is 33.3 Å². The zero-order valence-electron chi connectivity index (χ0n) is 11.7. The summed E-state index contributed by atoms with van der Waals surface area (Å²) in [5.74, 6) is 0.0422. The van der Waals surface area contributed by atoms with Gasteiger partial charge in [-0.15, -0.1) is 0 Å². The first-order valence-electron chi connectivity index (χ1n) is 6.88. The Kier molecular flexibility index (Phi) is 3.92. The Labute approximate surface area is 126 Å². The number of anilines is 1. The van der Waals surface area contributed by atoms with Crippen molar-refractivity contribution in [3.05, 3.63) is 42.6 Å². The fourth-order valence-electron chi connectivity index (χ4n) is 2.07. The molecule has 1 N–H and O–H groups in total. The Morgan fingerprint density at radius 1 is 1.29 bits per heavy atom. The molecule has 4 nitrogen and oxygen atoms in total. The first kappa shape index (κ1) is 13.7. The molecule has 2 heterocycles. The van der Waals surface area contributed by atoms with Gasteiger partial charge in [0.05, 0.1) is 0 Å². The van der Waals surface area contributed by atoms with Gasteiger partial charge in [-0.25, -0.2) is 9.97 Å². The lowest BCUT2D eigenvalue weighted by atomic mass is 10.2. The van der Waals surface area contributed by atoms with Crippen molar-refractivity contribution in [1.29, 1.82) is 0 Å². The van der Waals surface area contributed by atoms with Gasteiger partial charge in [0.15, 0.2) is 0 Å². The molecule has 0 aliphatic heterocycles. The van der Waals surface area contributed by atoms with E-state index in [0.29, 0.717) is 6.42 Å². The fourth-order valence-corrected chi connectivity index (χ4v) is 2.98. The molecule has 0 bridgehead atoms. The Morgan fingerprint density at radius 2 is 2.19 bits per heavy atom. The second-order valence-corrected chi connectivity index (χ2v) is 5.70. The maximum absolute atomic E-state index is 11.7. The minimum atomic E-state index is 0.0422. The Hall–Kier alpha value is -2.27. The molecule has 2 aromatic heterocycles. The van der Waals surface area contributed by atoms with Crippen molar-refractivity contribution in [2.24, 2.45) is 0 Å². The summed E-state index contributed by atoms with van der Waals surface area (Å²) in [5.41, 5.74) is 2.70. The van der Waals surface area contributed by atoms with Crippen LogP contribution in [-0.4, -0.2) is 15.9 Å². The van der Waals surface area contributed by atoms with Crippen LogP contribution in [0.25, 0.3) is 20.9 Å². The lowest BCUT2D eigenvalue weighted by Crippen LogP contribution is -2.10. The molecule has 21 heavy (non-hydrogen) atoms. The summed E-state index contributed by atoms with van der Waals surface area (Å²) in [5, 5.41) is 3.82. The van der Waals surface area contributed by atoms with Crippen LogP contribution in [0.4, 0.5) is 5.69 Å². The SMILES string of the molecule is CCCC(=O)Nc1cccc(-c2nc3cccnc3s2)c1. The third-order valence-electron chi connectivity index (χ3n) is 3.04. The second kappa shape index (κ2) is 6.01. The van der Waals surface area contributed by atoms with E-state index in [1.165, 1.54) is 0 Å². The lowest BCUT2D eigenvalue weighted by molar-refractivity contribution is -0.116. The molecule has 0 aliphatic rings. The van der Waals surface area contributed by atoms with Crippen molar-refractivity contribution in [3.8, 4) is 10.6 Å². The van der Waals surface area contributed by atoms with Crippen LogP contribution in [0.5, 0.6) is 0 Å². The van der Waals surface area contributed by atoms with Crippen molar-refractivity contribution in [2.75, 3.05) is 5.32 Å². The number of nitrogens with zero attached hydrogens (tertiary/aromatic N) is 2. The molecule has 0 radical (unpaired) electrons. The highest BCUT2D eigenvalue weighted by molar-refractivity contribution is 7.21. The number of fused-ring (bicyclic) bond motifs is 1. The number of rotatable bonds is 4. The van der Waals surface area contributed by atoms with E-state index in [4.69, 9.17) is 0 Å². The van der Waals surface area contributed by atoms with E-state index >= 15 is 0 Å². The topological polar surface area (TPSA) is 54.9 Å². The van der Waals surface area contributed by atoms with Crippen LogP contribution in [0, 0.1) is 0 Å². The average Bonchev–Trinajstić information content (AvgIpc) is 2.91. The lowest BCUT2D eigenvalue weighted by Gasteiger charge is -2.05. The largest absolute Gasteiger partial charge is 0.326 e. The van der Waals surface area contributed by atoms with Crippen LogP contribution in [0.2, 0.25) is 0 Å². The van der Waals surface area contributed by atoms with Crippen LogP contribution >= 0.6 is 11.3 Å². The minimum Gasteiger partial charge on any atom is -0.326 e. The number of aromatic nitrogens is 2. The summed E-state index contributed by atoms with van der Waals surface area (Å²) < 4.78 is 0. The van der Waals surface area contributed by atoms with Gasteiger partial charge in [0.1, 0.15) is 15.4 Å². The number of hydrogen-bond donors (Lipinski definition) is 1. The maximum Gasteiger partial charge on any atom is 0.224 e. The first-order valence-corrected chi connectivity index (χ1v) is 7.70. The van der Waals surface area contributed by atoms with Crippen molar-refractivity contribution in [1.82, 2.24) is 9.97 Å². The third kappa shape index (κ3) is 3.08. The highest BCUT2D eigenvalue weighted by Crippen LogP contribution is 2.30. The number of pyridine rings is 1. The van der Waals surface area contributed by atoms with Gasteiger partial charge in [0.25, 0.3) is 0 Å². The highest BCUT2D eigenvalue weighted by atomic mass is 32.1. The van der Waals surface area contributed by atoms with Gasteiger partial charge in [-0.05, 0) is 30.7 Å². The summed E-state index contributed by atoms with van der Waals surface area (Å²) in [6, 6.07) is 11.6. The molecule has 0 atom stereocenters. The van der Waals surface area contributed by atoms with Crippen molar-refractivity contribution in [3.63, 3.8) is 0 Å². The van der Waals surface area contributed by atoms with E-state index in [1.54, 1.807) is 17.5 Å². The average molecular weight is 297 g/mol. The number of carbonyl (C=O) groups is 1. The minimum absolute atomic E-state index is 0.0422. The molecule has 0 aliphatic carbocycles. The molecule has 0 unspecified atom stereocenters. The standard InChI is InChI=1S/C16H15N3OS/c1-2-5-14(20)18-12-7-3-6-11(10-12)15-19-13-8-4-9-17-16(13)21-15/h3-4,6-10H,2,5H2,1H3,(H,18,20). The second-order valence-electron chi connectivity index (χ2n) is 4.73. The number of benzene rings is 1. The van der Waals surface area contributed by atoms with Crippen LogP contribution < -0.4 is 5.32 Å². The molecular weight excluding hydrogens is 282 g/mol. The number of amides is 1. The normalized spacial score (nSPS) is 10.7. The Bertz CT molecular complexity index is 749. The van der Waals surface area contributed by atoms with Gasteiger partial charge in [0.2, 0.25) is 5.91 Å². The van der Waals surface area contributed by atoms with E-state index in [1.807, 2.05) is 43.3 Å². The number of hydrogen-bond acceptors (Lipinski definition) is 4. The summed E-state index contributed by atoms with van der Waals surface area (Å²) in [6.45, 7) is 1.99. The van der Waals surface area contributed by atoms with Crippen LogP contribution in [0.1, 0.15) is 19.8 Å². The summed E-state index contributed by atoms with van der Waals surface area (Å²) in [4.78, 5) is 21.5. The number of nitrogens with one attached hydrogen (secondary N) is 1. The van der Waals surface area contributed by atoms with Crippen LogP contribution in [-0.2, 0) is 4.79 Å². The summed E-state index contributed by atoms with van der Waals surface area (Å²) >= 11 is 1.55. The summed E-state index contributed by atoms with van der Waals surface area (Å²) in [6.07, 6.45) is 3.15. The monoisotopic (exact) mass is 297 g/mol. The van der Waals surface area contributed by atoms with E-state index in [-0.39, 0.29) is 5.91 Å². The molecule has 1 aromatic carbocycles. The molecule has 5 heteroatoms. The Morgan fingerprint density at radius 3 is 3.00 bits per heavy atom. The number of carbonyl (C=O) groups excluding carboxylic acids is 1. The van der Waals surface area contributed by atoms with Gasteiger partial charge in [-0.1, -0.05) is 30.4 Å². The molecule has 106 valence electrons. The van der Waals surface area contributed by atoms with E-state index < -0.39 is 0 Å². The first-order chi connectivity index (χ1) is 10.3. The quantitative estimate of drug-likeness (QED) is 0.789. The molecular formula is C16H15N3OS. The highest BCUT2D eigenvalue weighted by Gasteiger charge is 2.08. The zero-order chi connectivity index (χ0) is 14.7. The van der Waals surface area contributed by atoms with E-state index in [0.717, 1.165) is 33.0 Å². The van der Waals surface area contributed by atoms with Gasteiger partial charge in [0, 0.05) is 23.9 Å². The molecule has 1 amide bonds. The smallest absolute Gasteiger partial charge is 0.224 e. The molecule has 3 rings (SSSR count). The van der Waals surface area contributed by atoms with Crippen LogP contribution in [0.15, 0.2) is 42.6 Å². The fraction of sp³-hybridized carbons (Fsp3) is 0.188. The van der Waals surface area contributed by atoms with Crippen LogP contribution in [0.3, 0.4) is 0 Å². The number of thiazole rings is 1. The van der Waals surface area contributed by atoms with Crippen molar-refractivity contribution < 1.29 is 4.79 Å². The maximum atomic E-state index is 11.7. The third-order valence-corrected chi connectivity index (χ3v) is 4.06. The van der Waals surface area contributed by atoms with Crippen molar-refractivity contribution in [2.45, 2.75) is 19.8 Å². The molecule has 0 saturated heterocycles. The van der Waals surface area contributed by atoms with Gasteiger partial charge < -0.3 is 5.32 Å². The zero-order valence-corrected chi connectivity index (χ0v) is 12.5. The summed E-state index contributed by atoms with van der Waals surface area (Å²) in [7, 11) is 0. The predicted octanol–water partition coefficient (Wildman–Crippen LogP) is 4.10. The van der Waals surface area contributed by atoms with Gasteiger partial charge in [-0.3, -0.25) is 4.79 Å². The van der Waals surface area contributed by atoms with Gasteiger partial charge >= 0.3 is 0 Å². The Balaban J connectivity index is 1.90.